The standard InChI is InChI=1S/C16H19ClN2O/c1-19-9-10(8-18)4-15(19)14-6-12-5-13(17)3-2-11(12)7-16(14)20/h2-3,5-7,10,15,20H,4,8-9,18H2,1H3. The minimum absolute atomic E-state index is 0.229. The maximum absolute atomic E-state index is 10.3. The SMILES string of the molecule is CN1CC(CN)CC1c1cc2cc(Cl)ccc2cc1O. The normalized spacial score (nSPS) is 23.6. The summed E-state index contributed by atoms with van der Waals surface area (Å²) in [6.45, 7) is 1.68. The largest absolute Gasteiger partial charge is 0.508 e. The first kappa shape index (κ1) is 13.7. The van der Waals surface area contributed by atoms with Crippen LogP contribution in [0, 0.1) is 5.92 Å². The molecule has 4 heteroatoms. The van der Waals surface area contributed by atoms with Gasteiger partial charge in [-0.2, -0.15) is 0 Å². The summed E-state index contributed by atoms with van der Waals surface area (Å²) in [4.78, 5) is 2.27. The molecule has 3 N–H and O–H groups in total. The number of phenolic OH excluding ortho intramolecular Hbond substituents is 1. The average Bonchev–Trinajstić information content (AvgIpc) is 2.79. The van der Waals surface area contributed by atoms with E-state index in [1.54, 1.807) is 0 Å². The Labute approximate surface area is 123 Å². The quantitative estimate of drug-likeness (QED) is 0.893. The number of fused-ring (bicyclic) bond motifs is 1. The summed E-state index contributed by atoms with van der Waals surface area (Å²) in [5, 5.41) is 13.1. The van der Waals surface area contributed by atoms with E-state index < -0.39 is 0 Å². The highest BCUT2D eigenvalue weighted by Gasteiger charge is 2.31. The molecule has 2 atom stereocenters. The van der Waals surface area contributed by atoms with Crippen molar-refractivity contribution < 1.29 is 5.11 Å². The van der Waals surface area contributed by atoms with Gasteiger partial charge in [0.1, 0.15) is 5.75 Å². The zero-order chi connectivity index (χ0) is 14.3. The first-order valence-corrected chi connectivity index (χ1v) is 7.28. The Hall–Kier alpha value is -1.29. The molecular weight excluding hydrogens is 272 g/mol. The Morgan fingerprint density at radius 1 is 1.30 bits per heavy atom. The predicted octanol–water partition coefficient (Wildman–Crippen LogP) is 3.15. The van der Waals surface area contributed by atoms with E-state index in [0.717, 1.165) is 29.3 Å². The van der Waals surface area contributed by atoms with Crippen LogP contribution < -0.4 is 5.73 Å². The maximum atomic E-state index is 10.3. The van der Waals surface area contributed by atoms with Crippen molar-refractivity contribution in [1.29, 1.82) is 0 Å². The summed E-state index contributed by atoms with van der Waals surface area (Å²) in [7, 11) is 2.09. The molecule has 20 heavy (non-hydrogen) atoms. The summed E-state index contributed by atoms with van der Waals surface area (Å²) >= 11 is 6.06. The average molecular weight is 291 g/mol. The fourth-order valence-corrected chi connectivity index (χ4v) is 3.36. The number of nitrogens with two attached hydrogens (primary N) is 1. The first-order chi connectivity index (χ1) is 9.58. The third kappa shape index (κ3) is 2.37. The van der Waals surface area contributed by atoms with Gasteiger partial charge in [0.25, 0.3) is 0 Å². The van der Waals surface area contributed by atoms with Crippen molar-refractivity contribution in [1.82, 2.24) is 4.90 Å². The van der Waals surface area contributed by atoms with Crippen molar-refractivity contribution in [2.45, 2.75) is 12.5 Å². The van der Waals surface area contributed by atoms with Gasteiger partial charge in [-0.1, -0.05) is 17.7 Å². The molecule has 0 bridgehead atoms. The van der Waals surface area contributed by atoms with Crippen molar-refractivity contribution in [2.24, 2.45) is 11.7 Å². The van der Waals surface area contributed by atoms with Gasteiger partial charge in [-0.3, -0.25) is 4.90 Å². The monoisotopic (exact) mass is 290 g/mol. The molecule has 1 heterocycles. The number of aromatic hydroxyl groups is 1. The van der Waals surface area contributed by atoms with Crippen molar-refractivity contribution in [3.8, 4) is 5.75 Å². The fourth-order valence-electron chi connectivity index (χ4n) is 3.18. The zero-order valence-electron chi connectivity index (χ0n) is 11.5. The third-order valence-corrected chi connectivity index (χ3v) is 4.51. The predicted molar refractivity (Wildman–Crippen MR) is 83.2 cm³/mol. The Morgan fingerprint density at radius 3 is 2.80 bits per heavy atom. The number of hydrogen-bond donors (Lipinski definition) is 2. The Kier molecular flexibility index (Phi) is 3.59. The van der Waals surface area contributed by atoms with Gasteiger partial charge in [0.15, 0.2) is 0 Å². The molecule has 0 spiro atoms. The Morgan fingerprint density at radius 2 is 2.10 bits per heavy atom. The highest BCUT2D eigenvalue weighted by Crippen LogP contribution is 2.39. The number of halogens is 1. The molecule has 0 aromatic heterocycles. The van der Waals surface area contributed by atoms with Crippen LogP contribution in [0.3, 0.4) is 0 Å². The van der Waals surface area contributed by atoms with Gasteiger partial charge in [0.05, 0.1) is 0 Å². The molecule has 2 unspecified atom stereocenters. The molecule has 0 amide bonds. The number of benzene rings is 2. The second kappa shape index (κ2) is 5.24. The van der Waals surface area contributed by atoms with Crippen LogP contribution in [0.15, 0.2) is 30.3 Å². The highest BCUT2D eigenvalue weighted by atomic mass is 35.5. The van der Waals surface area contributed by atoms with Crippen LogP contribution in [0.2, 0.25) is 5.02 Å². The molecule has 0 saturated carbocycles. The van der Waals surface area contributed by atoms with Gasteiger partial charge in [0, 0.05) is 23.2 Å². The topological polar surface area (TPSA) is 49.5 Å². The first-order valence-electron chi connectivity index (χ1n) is 6.91. The molecule has 1 aliphatic rings. The molecule has 0 radical (unpaired) electrons. The lowest BCUT2D eigenvalue weighted by molar-refractivity contribution is 0.306. The van der Waals surface area contributed by atoms with E-state index in [1.165, 1.54) is 0 Å². The molecule has 1 fully saturated rings. The van der Waals surface area contributed by atoms with E-state index in [0.29, 0.717) is 23.2 Å². The molecule has 1 saturated heterocycles. The summed E-state index contributed by atoms with van der Waals surface area (Å²) in [5.74, 6) is 0.855. The number of nitrogens with zero attached hydrogens (tertiary/aromatic N) is 1. The second-order valence-electron chi connectivity index (χ2n) is 5.70. The van der Waals surface area contributed by atoms with Crippen molar-refractivity contribution in [3.05, 3.63) is 40.9 Å². The van der Waals surface area contributed by atoms with E-state index in [4.69, 9.17) is 17.3 Å². The smallest absolute Gasteiger partial charge is 0.120 e. The lowest BCUT2D eigenvalue weighted by Gasteiger charge is -2.21. The summed E-state index contributed by atoms with van der Waals surface area (Å²) in [5.41, 5.74) is 6.75. The number of phenols is 1. The number of rotatable bonds is 2. The van der Waals surface area contributed by atoms with Crippen LogP contribution in [0.1, 0.15) is 18.0 Å². The molecular formula is C16H19ClN2O. The molecule has 2 aromatic rings. The molecule has 3 rings (SSSR count). The zero-order valence-corrected chi connectivity index (χ0v) is 12.3. The van der Waals surface area contributed by atoms with Crippen LogP contribution >= 0.6 is 11.6 Å². The van der Waals surface area contributed by atoms with Crippen molar-refractivity contribution in [2.75, 3.05) is 20.1 Å². The second-order valence-corrected chi connectivity index (χ2v) is 6.13. The maximum Gasteiger partial charge on any atom is 0.120 e. The van der Waals surface area contributed by atoms with Gasteiger partial charge in [-0.15, -0.1) is 0 Å². The number of hydrogen-bond acceptors (Lipinski definition) is 3. The minimum Gasteiger partial charge on any atom is -0.508 e. The summed E-state index contributed by atoms with van der Waals surface area (Å²) in [6, 6.07) is 9.82. The van der Waals surface area contributed by atoms with Crippen LogP contribution in [-0.2, 0) is 0 Å². The molecule has 3 nitrogen and oxygen atoms in total. The van der Waals surface area contributed by atoms with E-state index in [2.05, 4.69) is 18.0 Å². The Balaban J connectivity index is 2.05. The van der Waals surface area contributed by atoms with E-state index in [-0.39, 0.29) is 6.04 Å². The lowest BCUT2D eigenvalue weighted by atomic mass is 9.96. The highest BCUT2D eigenvalue weighted by molar-refractivity contribution is 6.31. The lowest BCUT2D eigenvalue weighted by Crippen LogP contribution is -2.20. The fraction of sp³-hybridized carbons (Fsp3) is 0.375. The molecule has 2 aromatic carbocycles. The van der Waals surface area contributed by atoms with Gasteiger partial charge in [0.2, 0.25) is 0 Å². The van der Waals surface area contributed by atoms with Crippen LogP contribution in [0.5, 0.6) is 5.75 Å². The number of likely N-dealkylation sites (tertiary alicyclic amines) is 1. The van der Waals surface area contributed by atoms with Crippen LogP contribution in [0.25, 0.3) is 10.8 Å². The van der Waals surface area contributed by atoms with Gasteiger partial charge in [-0.05, 0) is 61.0 Å². The van der Waals surface area contributed by atoms with Crippen LogP contribution in [-0.4, -0.2) is 30.1 Å². The molecule has 0 aliphatic carbocycles. The third-order valence-electron chi connectivity index (χ3n) is 4.27. The van der Waals surface area contributed by atoms with Gasteiger partial charge in [-0.25, -0.2) is 0 Å². The Bertz CT molecular complexity index is 644. The van der Waals surface area contributed by atoms with E-state index >= 15 is 0 Å². The molecule has 1 aliphatic heterocycles. The summed E-state index contributed by atoms with van der Waals surface area (Å²) < 4.78 is 0. The van der Waals surface area contributed by atoms with E-state index in [1.807, 2.05) is 24.3 Å². The molecule has 106 valence electrons. The summed E-state index contributed by atoms with van der Waals surface area (Å²) in [6.07, 6.45) is 0.993. The van der Waals surface area contributed by atoms with Crippen LogP contribution in [0.4, 0.5) is 0 Å². The van der Waals surface area contributed by atoms with Crippen molar-refractivity contribution in [3.63, 3.8) is 0 Å². The van der Waals surface area contributed by atoms with Gasteiger partial charge < -0.3 is 10.8 Å². The van der Waals surface area contributed by atoms with Gasteiger partial charge >= 0.3 is 0 Å². The minimum atomic E-state index is 0.229. The van der Waals surface area contributed by atoms with E-state index in [9.17, 15) is 5.11 Å². The van der Waals surface area contributed by atoms with Crippen molar-refractivity contribution >= 4 is 22.4 Å².